The number of amides is 1. The van der Waals surface area contributed by atoms with E-state index in [1.54, 1.807) is 12.1 Å². The van der Waals surface area contributed by atoms with Crippen LogP contribution in [0.5, 0.6) is 5.75 Å². The zero-order valence-corrected chi connectivity index (χ0v) is 10.6. The predicted molar refractivity (Wildman–Crippen MR) is 74.1 cm³/mol. The maximum absolute atomic E-state index is 11.7. The number of hydrogen-bond donors (Lipinski definition) is 2. The third-order valence-electron chi connectivity index (χ3n) is 2.50. The number of aromatic hydroxyl groups is 1. The van der Waals surface area contributed by atoms with Crippen LogP contribution in [0.2, 0.25) is 0 Å². The van der Waals surface area contributed by atoms with E-state index in [-0.39, 0.29) is 17.0 Å². The van der Waals surface area contributed by atoms with E-state index >= 15 is 0 Å². The van der Waals surface area contributed by atoms with Crippen LogP contribution >= 0.6 is 0 Å². The second-order valence-corrected chi connectivity index (χ2v) is 3.94. The average molecular weight is 286 g/mol. The number of pyridine rings is 1. The molecule has 2 aromatic rings. The van der Waals surface area contributed by atoms with Crippen LogP contribution in [-0.2, 0) is 0 Å². The molecule has 0 saturated carbocycles. The van der Waals surface area contributed by atoms with Gasteiger partial charge in [-0.2, -0.15) is 5.10 Å². The first-order chi connectivity index (χ1) is 10.1. The number of hydrogen-bond acceptors (Lipinski definition) is 6. The molecule has 0 bridgehead atoms. The number of phenols is 1. The maximum Gasteiger partial charge on any atom is 0.278 e. The maximum atomic E-state index is 11.7. The molecule has 1 aromatic heterocycles. The molecule has 8 heteroatoms. The van der Waals surface area contributed by atoms with E-state index in [1.165, 1.54) is 24.5 Å². The van der Waals surface area contributed by atoms with Gasteiger partial charge in [-0.1, -0.05) is 0 Å². The van der Waals surface area contributed by atoms with Crippen molar-refractivity contribution in [3.8, 4) is 5.75 Å². The first-order valence-electron chi connectivity index (χ1n) is 5.79. The van der Waals surface area contributed by atoms with Gasteiger partial charge in [0.2, 0.25) is 0 Å². The SMILES string of the molecule is O=C(NN=Cc1cc(O)ccc1[N+](=O)[O-])c1cccnc1. The fourth-order valence-electron chi connectivity index (χ4n) is 1.53. The molecule has 0 aliphatic carbocycles. The standard InChI is InChI=1S/C13H10N4O4/c18-11-3-4-12(17(20)21)10(6-11)8-15-16-13(19)9-2-1-5-14-7-9/h1-8,18H,(H,16,19). The number of benzene rings is 1. The summed E-state index contributed by atoms with van der Waals surface area (Å²) in [6.07, 6.45) is 3.98. The van der Waals surface area contributed by atoms with Crippen molar-refractivity contribution >= 4 is 17.8 Å². The lowest BCUT2D eigenvalue weighted by Gasteiger charge is -2.00. The average Bonchev–Trinajstić information content (AvgIpc) is 2.48. The van der Waals surface area contributed by atoms with Gasteiger partial charge in [0.1, 0.15) is 5.75 Å². The molecule has 1 heterocycles. The molecule has 1 amide bonds. The molecule has 0 radical (unpaired) electrons. The lowest BCUT2D eigenvalue weighted by atomic mass is 10.2. The zero-order valence-electron chi connectivity index (χ0n) is 10.6. The summed E-state index contributed by atoms with van der Waals surface area (Å²) in [5.41, 5.74) is 2.37. The predicted octanol–water partition coefficient (Wildman–Crippen LogP) is 1.46. The van der Waals surface area contributed by atoms with Crippen molar-refractivity contribution in [2.75, 3.05) is 0 Å². The fraction of sp³-hybridized carbons (Fsp3) is 0. The number of phenolic OH excluding ortho intramolecular Hbond substituents is 1. The molecule has 0 fully saturated rings. The third kappa shape index (κ3) is 3.60. The van der Waals surface area contributed by atoms with Crippen LogP contribution in [0.3, 0.4) is 0 Å². The largest absolute Gasteiger partial charge is 0.508 e. The number of nitro groups is 1. The summed E-state index contributed by atoms with van der Waals surface area (Å²) in [5, 5.41) is 23.8. The molecule has 2 N–H and O–H groups in total. The number of hydrazone groups is 1. The third-order valence-corrected chi connectivity index (χ3v) is 2.50. The Hall–Kier alpha value is -3.29. The summed E-state index contributed by atoms with van der Waals surface area (Å²) in [5.74, 6) is -0.636. The van der Waals surface area contributed by atoms with E-state index in [2.05, 4.69) is 15.5 Å². The minimum Gasteiger partial charge on any atom is -0.508 e. The molecule has 106 valence electrons. The minimum atomic E-state index is -0.607. The summed E-state index contributed by atoms with van der Waals surface area (Å²) >= 11 is 0. The van der Waals surface area contributed by atoms with Gasteiger partial charge in [-0.25, -0.2) is 5.43 Å². The smallest absolute Gasteiger partial charge is 0.278 e. The summed E-state index contributed by atoms with van der Waals surface area (Å²) < 4.78 is 0. The number of nitrogens with zero attached hydrogens (tertiary/aromatic N) is 3. The van der Waals surface area contributed by atoms with Crippen molar-refractivity contribution in [1.82, 2.24) is 10.4 Å². The lowest BCUT2D eigenvalue weighted by Crippen LogP contribution is -2.17. The number of carbonyl (C=O) groups excluding carboxylic acids is 1. The molecule has 1 aromatic carbocycles. The first-order valence-corrected chi connectivity index (χ1v) is 5.79. The van der Waals surface area contributed by atoms with Gasteiger partial charge in [-0.3, -0.25) is 19.9 Å². The van der Waals surface area contributed by atoms with Crippen LogP contribution in [0.15, 0.2) is 47.8 Å². The Morgan fingerprint density at radius 3 is 2.90 bits per heavy atom. The summed E-state index contributed by atoms with van der Waals surface area (Å²) in [6.45, 7) is 0. The van der Waals surface area contributed by atoms with Gasteiger partial charge in [-0.05, 0) is 24.3 Å². The highest BCUT2D eigenvalue weighted by molar-refractivity contribution is 5.95. The van der Waals surface area contributed by atoms with Gasteiger partial charge in [0.25, 0.3) is 11.6 Å². The van der Waals surface area contributed by atoms with Gasteiger partial charge in [-0.15, -0.1) is 0 Å². The van der Waals surface area contributed by atoms with Crippen molar-refractivity contribution in [2.24, 2.45) is 5.10 Å². The topological polar surface area (TPSA) is 118 Å². The fourth-order valence-corrected chi connectivity index (χ4v) is 1.53. The Morgan fingerprint density at radius 2 is 2.24 bits per heavy atom. The van der Waals surface area contributed by atoms with E-state index in [9.17, 15) is 20.0 Å². The van der Waals surface area contributed by atoms with Gasteiger partial charge in [0.15, 0.2) is 0 Å². The Labute approximate surface area is 118 Å². The van der Waals surface area contributed by atoms with Crippen LogP contribution in [-0.4, -0.2) is 27.1 Å². The Bertz CT molecular complexity index is 701. The van der Waals surface area contributed by atoms with Crippen LogP contribution in [0, 0.1) is 10.1 Å². The molecular formula is C13H10N4O4. The van der Waals surface area contributed by atoms with E-state index in [1.807, 2.05) is 0 Å². The van der Waals surface area contributed by atoms with Crippen molar-refractivity contribution in [2.45, 2.75) is 0 Å². The molecule has 0 aliphatic rings. The summed E-state index contributed by atoms with van der Waals surface area (Å²) in [4.78, 5) is 25.7. The lowest BCUT2D eigenvalue weighted by molar-refractivity contribution is -0.385. The number of carbonyl (C=O) groups is 1. The highest BCUT2D eigenvalue weighted by Gasteiger charge is 2.12. The van der Waals surface area contributed by atoms with Crippen LogP contribution < -0.4 is 5.43 Å². The Balaban J connectivity index is 2.13. The molecule has 0 spiro atoms. The normalized spacial score (nSPS) is 10.5. The highest BCUT2D eigenvalue weighted by Crippen LogP contribution is 2.21. The zero-order chi connectivity index (χ0) is 15.2. The second-order valence-electron chi connectivity index (χ2n) is 3.94. The number of nitro benzene ring substituents is 1. The molecule has 0 unspecified atom stereocenters. The quantitative estimate of drug-likeness (QED) is 0.501. The van der Waals surface area contributed by atoms with Crippen molar-refractivity contribution in [1.29, 1.82) is 0 Å². The molecule has 0 aliphatic heterocycles. The van der Waals surface area contributed by atoms with Crippen LogP contribution in [0.25, 0.3) is 0 Å². The number of aromatic nitrogens is 1. The molecule has 0 saturated heterocycles. The number of nitrogens with one attached hydrogen (secondary N) is 1. The van der Waals surface area contributed by atoms with Gasteiger partial charge in [0, 0.05) is 18.5 Å². The monoisotopic (exact) mass is 286 g/mol. The first kappa shape index (κ1) is 14.1. The Morgan fingerprint density at radius 1 is 1.43 bits per heavy atom. The van der Waals surface area contributed by atoms with Gasteiger partial charge < -0.3 is 5.11 Å². The summed E-state index contributed by atoms with van der Waals surface area (Å²) in [7, 11) is 0. The molecule has 0 atom stereocenters. The van der Waals surface area contributed by atoms with Crippen LogP contribution in [0.4, 0.5) is 5.69 Å². The number of rotatable bonds is 4. The van der Waals surface area contributed by atoms with Crippen molar-refractivity contribution in [3.63, 3.8) is 0 Å². The van der Waals surface area contributed by atoms with Gasteiger partial charge in [0.05, 0.1) is 22.3 Å². The Kier molecular flexibility index (Phi) is 4.20. The van der Waals surface area contributed by atoms with Gasteiger partial charge >= 0.3 is 0 Å². The minimum absolute atomic E-state index is 0.0755. The molecule has 21 heavy (non-hydrogen) atoms. The van der Waals surface area contributed by atoms with E-state index in [0.29, 0.717) is 5.56 Å². The molecule has 2 rings (SSSR count). The molecular weight excluding hydrogens is 276 g/mol. The second kappa shape index (κ2) is 6.24. The van der Waals surface area contributed by atoms with E-state index in [4.69, 9.17) is 0 Å². The van der Waals surface area contributed by atoms with Crippen LogP contribution in [0.1, 0.15) is 15.9 Å². The van der Waals surface area contributed by atoms with Crippen molar-refractivity contribution in [3.05, 3.63) is 64.0 Å². The van der Waals surface area contributed by atoms with E-state index in [0.717, 1.165) is 12.3 Å². The van der Waals surface area contributed by atoms with Crippen molar-refractivity contribution < 1.29 is 14.8 Å². The van der Waals surface area contributed by atoms with E-state index < -0.39 is 10.8 Å². The highest BCUT2D eigenvalue weighted by atomic mass is 16.6. The summed E-state index contributed by atoms with van der Waals surface area (Å²) in [6, 6.07) is 6.68. The molecule has 8 nitrogen and oxygen atoms in total.